The summed E-state index contributed by atoms with van der Waals surface area (Å²) >= 11 is 0. The highest BCUT2D eigenvalue weighted by Crippen LogP contribution is 2.24. The second kappa shape index (κ2) is 4.19. The maximum absolute atomic E-state index is 10.4. The lowest BCUT2D eigenvalue weighted by molar-refractivity contribution is -0.138. The Balaban J connectivity index is 2.70. The van der Waals surface area contributed by atoms with E-state index in [1.165, 1.54) is 0 Å². The molecular formula is C10H13NO3. The number of pyridine rings is 1. The lowest BCUT2D eigenvalue weighted by atomic mass is 9.92. The van der Waals surface area contributed by atoms with E-state index in [0.29, 0.717) is 5.56 Å². The number of rotatable bonds is 4. The van der Waals surface area contributed by atoms with Gasteiger partial charge in [0.25, 0.3) is 0 Å². The summed E-state index contributed by atoms with van der Waals surface area (Å²) in [6.45, 7) is 1.60. The second-order valence-electron chi connectivity index (χ2n) is 3.40. The number of aliphatic carboxylic acids is 1. The molecule has 1 rings (SSSR count). The minimum absolute atomic E-state index is 0.0463. The average molecular weight is 195 g/mol. The van der Waals surface area contributed by atoms with Crippen molar-refractivity contribution >= 4 is 5.97 Å². The second-order valence-corrected chi connectivity index (χ2v) is 3.40. The van der Waals surface area contributed by atoms with Crippen molar-refractivity contribution in [1.29, 1.82) is 0 Å². The summed E-state index contributed by atoms with van der Waals surface area (Å²) < 4.78 is 0. The molecule has 0 aliphatic rings. The smallest absolute Gasteiger partial charge is 0.303 e. The fourth-order valence-electron chi connectivity index (χ4n) is 1.21. The van der Waals surface area contributed by atoms with Gasteiger partial charge in [-0.05, 0) is 31.0 Å². The Labute approximate surface area is 82.2 Å². The van der Waals surface area contributed by atoms with Crippen LogP contribution < -0.4 is 0 Å². The van der Waals surface area contributed by atoms with Crippen molar-refractivity contribution in [3.8, 4) is 0 Å². The molecule has 4 nitrogen and oxygen atoms in total. The van der Waals surface area contributed by atoms with Gasteiger partial charge < -0.3 is 10.2 Å². The first-order chi connectivity index (χ1) is 6.52. The molecule has 0 radical (unpaired) electrons. The van der Waals surface area contributed by atoms with E-state index in [-0.39, 0.29) is 12.8 Å². The molecule has 1 unspecified atom stereocenters. The zero-order chi connectivity index (χ0) is 10.6. The zero-order valence-corrected chi connectivity index (χ0v) is 7.97. The van der Waals surface area contributed by atoms with Gasteiger partial charge in [0.05, 0.1) is 5.60 Å². The van der Waals surface area contributed by atoms with Crippen molar-refractivity contribution in [3.05, 3.63) is 30.1 Å². The Hall–Kier alpha value is -1.42. The minimum atomic E-state index is -1.10. The summed E-state index contributed by atoms with van der Waals surface area (Å²) in [6, 6.07) is 3.36. The highest BCUT2D eigenvalue weighted by atomic mass is 16.4. The van der Waals surface area contributed by atoms with Crippen LogP contribution >= 0.6 is 0 Å². The van der Waals surface area contributed by atoms with E-state index in [1.54, 1.807) is 31.5 Å². The van der Waals surface area contributed by atoms with Gasteiger partial charge in [-0.2, -0.15) is 0 Å². The molecule has 0 amide bonds. The van der Waals surface area contributed by atoms with Gasteiger partial charge >= 0.3 is 5.97 Å². The summed E-state index contributed by atoms with van der Waals surface area (Å²) in [5.41, 5.74) is -0.407. The van der Waals surface area contributed by atoms with Crippen molar-refractivity contribution in [2.45, 2.75) is 25.4 Å². The predicted octanol–water partition coefficient (Wildman–Crippen LogP) is 1.15. The first kappa shape index (κ1) is 10.7. The molecule has 0 fully saturated rings. The third kappa shape index (κ3) is 2.81. The van der Waals surface area contributed by atoms with E-state index in [4.69, 9.17) is 5.11 Å². The van der Waals surface area contributed by atoms with E-state index in [1.807, 2.05) is 0 Å². The van der Waals surface area contributed by atoms with Crippen LogP contribution in [0.2, 0.25) is 0 Å². The first-order valence-corrected chi connectivity index (χ1v) is 4.37. The van der Waals surface area contributed by atoms with Crippen LogP contribution in [0.25, 0.3) is 0 Å². The summed E-state index contributed by atoms with van der Waals surface area (Å²) in [5.74, 6) is -0.903. The van der Waals surface area contributed by atoms with Gasteiger partial charge in [0.1, 0.15) is 0 Å². The van der Waals surface area contributed by atoms with Gasteiger partial charge in [-0.25, -0.2) is 0 Å². The molecule has 0 aliphatic heterocycles. The molecule has 1 atom stereocenters. The molecule has 0 saturated carbocycles. The molecule has 14 heavy (non-hydrogen) atoms. The molecule has 2 N–H and O–H groups in total. The van der Waals surface area contributed by atoms with E-state index >= 15 is 0 Å². The molecule has 76 valence electrons. The predicted molar refractivity (Wildman–Crippen MR) is 50.7 cm³/mol. The third-order valence-electron chi connectivity index (χ3n) is 2.13. The van der Waals surface area contributed by atoms with Crippen molar-refractivity contribution in [3.63, 3.8) is 0 Å². The number of hydrogen-bond acceptors (Lipinski definition) is 3. The largest absolute Gasteiger partial charge is 0.481 e. The van der Waals surface area contributed by atoms with Gasteiger partial charge in [-0.15, -0.1) is 0 Å². The van der Waals surface area contributed by atoms with Crippen molar-refractivity contribution in [1.82, 2.24) is 4.98 Å². The maximum Gasteiger partial charge on any atom is 0.303 e. The van der Waals surface area contributed by atoms with Gasteiger partial charge in [-0.3, -0.25) is 9.78 Å². The number of nitrogens with zero attached hydrogens (tertiary/aromatic N) is 1. The van der Waals surface area contributed by atoms with Crippen LogP contribution in [0.15, 0.2) is 24.5 Å². The summed E-state index contributed by atoms with van der Waals surface area (Å²) in [5, 5.41) is 18.4. The Kier molecular flexibility index (Phi) is 3.19. The highest BCUT2D eigenvalue weighted by molar-refractivity contribution is 5.66. The van der Waals surface area contributed by atoms with Gasteiger partial charge in [0.2, 0.25) is 0 Å². The van der Waals surface area contributed by atoms with E-state index in [9.17, 15) is 9.90 Å². The lowest BCUT2D eigenvalue weighted by Crippen LogP contribution is -2.22. The molecule has 0 aromatic carbocycles. The molecule has 1 aromatic heterocycles. The Morgan fingerprint density at radius 3 is 2.57 bits per heavy atom. The van der Waals surface area contributed by atoms with Crippen molar-refractivity contribution < 1.29 is 15.0 Å². The van der Waals surface area contributed by atoms with Crippen LogP contribution in [0.5, 0.6) is 0 Å². The Bertz CT molecular complexity index is 308. The minimum Gasteiger partial charge on any atom is -0.481 e. The SMILES string of the molecule is CC(O)(CCC(=O)O)c1ccncc1. The van der Waals surface area contributed by atoms with Crippen molar-refractivity contribution in [2.24, 2.45) is 0 Å². The number of hydrogen-bond donors (Lipinski definition) is 2. The van der Waals surface area contributed by atoms with E-state index in [0.717, 1.165) is 0 Å². The number of carboxylic acid groups (broad SMARTS) is 1. The summed E-state index contributed by atoms with van der Waals surface area (Å²) in [6.07, 6.45) is 3.30. The summed E-state index contributed by atoms with van der Waals surface area (Å²) in [4.78, 5) is 14.2. The maximum atomic E-state index is 10.4. The van der Waals surface area contributed by atoms with Crippen LogP contribution in [0.4, 0.5) is 0 Å². The summed E-state index contributed by atoms with van der Waals surface area (Å²) in [7, 11) is 0. The van der Waals surface area contributed by atoms with Crippen LogP contribution in [0.3, 0.4) is 0 Å². The highest BCUT2D eigenvalue weighted by Gasteiger charge is 2.23. The number of carbonyl (C=O) groups is 1. The molecule has 1 heterocycles. The zero-order valence-electron chi connectivity index (χ0n) is 7.97. The van der Waals surface area contributed by atoms with E-state index < -0.39 is 11.6 Å². The van der Waals surface area contributed by atoms with Crippen LogP contribution in [-0.2, 0) is 10.4 Å². The average Bonchev–Trinajstić information content (AvgIpc) is 2.16. The van der Waals surface area contributed by atoms with Crippen molar-refractivity contribution in [2.75, 3.05) is 0 Å². The fourth-order valence-corrected chi connectivity index (χ4v) is 1.21. The van der Waals surface area contributed by atoms with Gasteiger partial charge in [-0.1, -0.05) is 0 Å². The first-order valence-electron chi connectivity index (χ1n) is 4.37. The number of aliphatic hydroxyl groups is 1. The third-order valence-corrected chi connectivity index (χ3v) is 2.13. The van der Waals surface area contributed by atoms with E-state index in [2.05, 4.69) is 4.98 Å². The molecule has 1 aromatic rings. The van der Waals surface area contributed by atoms with Gasteiger partial charge in [0.15, 0.2) is 0 Å². The Morgan fingerprint density at radius 1 is 1.50 bits per heavy atom. The molecule has 0 bridgehead atoms. The topological polar surface area (TPSA) is 70.4 Å². The van der Waals surface area contributed by atoms with Crippen LogP contribution in [0.1, 0.15) is 25.3 Å². The monoisotopic (exact) mass is 195 g/mol. The standard InChI is InChI=1S/C10H13NO3/c1-10(14,5-2-9(12)13)8-3-6-11-7-4-8/h3-4,6-7,14H,2,5H2,1H3,(H,12,13). The van der Waals surface area contributed by atoms with Crippen LogP contribution in [0, 0.1) is 0 Å². The molecule has 4 heteroatoms. The Morgan fingerprint density at radius 2 is 2.07 bits per heavy atom. The molecular weight excluding hydrogens is 182 g/mol. The molecule has 0 spiro atoms. The normalized spacial score (nSPS) is 14.7. The molecule has 0 aliphatic carbocycles. The number of carboxylic acids is 1. The van der Waals surface area contributed by atoms with Crippen LogP contribution in [-0.4, -0.2) is 21.2 Å². The number of aromatic nitrogens is 1. The van der Waals surface area contributed by atoms with Gasteiger partial charge in [0, 0.05) is 18.8 Å². The molecule has 0 saturated heterocycles. The quantitative estimate of drug-likeness (QED) is 0.756. The lowest BCUT2D eigenvalue weighted by Gasteiger charge is -2.22. The fraction of sp³-hybridized carbons (Fsp3) is 0.400.